The van der Waals surface area contributed by atoms with E-state index >= 15 is 0 Å². The monoisotopic (exact) mass is 357 g/mol. The fourth-order valence-electron chi connectivity index (χ4n) is 2.16. The van der Waals surface area contributed by atoms with Crippen LogP contribution < -0.4 is 25.0 Å². The van der Waals surface area contributed by atoms with Crippen LogP contribution in [0.3, 0.4) is 0 Å². The molecular formula is C19H23N3O4. The first kappa shape index (κ1) is 19.1. The molecule has 0 aliphatic rings. The van der Waals surface area contributed by atoms with E-state index in [4.69, 9.17) is 14.2 Å². The van der Waals surface area contributed by atoms with Gasteiger partial charge < -0.3 is 19.5 Å². The van der Waals surface area contributed by atoms with Gasteiger partial charge in [0.1, 0.15) is 17.2 Å². The van der Waals surface area contributed by atoms with E-state index in [2.05, 4.69) is 15.8 Å². The number of benzene rings is 2. The molecular weight excluding hydrogens is 334 g/mol. The van der Waals surface area contributed by atoms with E-state index in [-0.39, 0.29) is 12.5 Å². The van der Waals surface area contributed by atoms with Crippen LogP contribution in [-0.2, 0) is 4.79 Å². The topological polar surface area (TPSA) is 81.2 Å². The number of carbonyl (C=O) groups is 1. The van der Waals surface area contributed by atoms with E-state index in [0.717, 1.165) is 17.0 Å². The zero-order valence-corrected chi connectivity index (χ0v) is 15.1. The predicted octanol–water partition coefficient (Wildman–Crippen LogP) is 2.66. The Hall–Kier alpha value is -3.22. The SMILES string of the molecule is CCOc1ccc(NCC(=O)N/N=C/c2ccc(OC)cc2OC)cc1. The van der Waals surface area contributed by atoms with E-state index in [1.807, 2.05) is 31.2 Å². The number of hydrogen-bond acceptors (Lipinski definition) is 6. The fraction of sp³-hybridized carbons (Fsp3) is 0.263. The highest BCUT2D eigenvalue weighted by Gasteiger charge is 2.04. The van der Waals surface area contributed by atoms with Gasteiger partial charge in [0.2, 0.25) is 0 Å². The summed E-state index contributed by atoms with van der Waals surface area (Å²) in [6, 6.07) is 12.7. The van der Waals surface area contributed by atoms with Crippen molar-refractivity contribution in [3.05, 3.63) is 48.0 Å². The lowest BCUT2D eigenvalue weighted by Gasteiger charge is -2.08. The molecule has 138 valence electrons. The molecule has 2 aromatic rings. The minimum atomic E-state index is -0.261. The summed E-state index contributed by atoms with van der Waals surface area (Å²) in [6.45, 7) is 2.65. The van der Waals surface area contributed by atoms with Crippen LogP contribution in [0, 0.1) is 0 Å². The Bertz CT molecular complexity index is 745. The number of carbonyl (C=O) groups excluding carboxylic acids is 1. The van der Waals surface area contributed by atoms with Crippen LogP contribution in [0.1, 0.15) is 12.5 Å². The smallest absolute Gasteiger partial charge is 0.259 e. The van der Waals surface area contributed by atoms with E-state index in [0.29, 0.717) is 18.1 Å². The largest absolute Gasteiger partial charge is 0.497 e. The summed E-state index contributed by atoms with van der Waals surface area (Å²) in [5, 5.41) is 6.97. The molecule has 0 unspecified atom stereocenters. The van der Waals surface area contributed by atoms with Gasteiger partial charge in [0.05, 0.1) is 33.6 Å². The molecule has 0 spiro atoms. The molecule has 7 heteroatoms. The number of rotatable bonds is 9. The molecule has 0 bridgehead atoms. The molecule has 2 aromatic carbocycles. The van der Waals surface area contributed by atoms with Crippen LogP contribution >= 0.6 is 0 Å². The summed E-state index contributed by atoms with van der Waals surface area (Å²) >= 11 is 0. The number of nitrogens with one attached hydrogen (secondary N) is 2. The lowest BCUT2D eigenvalue weighted by molar-refractivity contribution is -0.119. The maximum Gasteiger partial charge on any atom is 0.259 e. The summed E-state index contributed by atoms with van der Waals surface area (Å²) < 4.78 is 15.8. The fourth-order valence-corrected chi connectivity index (χ4v) is 2.16. The second-order valence-electron chi connectivity index (χ2n) is 5.21. The maximum atomic E-state index is 11.9. The van der Waals surface area contributed by atoms with E-state index in [9.17, 15) is 4.79 Å². The molecule has 0 saturated heterocycles. The highest BCUT2D eigenvalue weighted by Crippen LogP contribution is 2.23. The maximum absolute atomic E-state index is 11.9. The third-order valence-corrected chi connectivity index (χ3v) is 3.45. The molecule has 0 saturated carbocycles. The van der Waals surface area contributed by atoms with Crippen LogP contribution in [-0.4, -0.2) is 39.5 Å². The lowest BCUT2D eigenvalue weighted by atomic mass is 10.2. The minimum Gasteiger partial charge on any atom is -0.497 e. The highest BCUT2D eigenvalue weighted by molar-refractivity contribution is 5.86. The number of amides is 1. The van der Waals surface area contributed by atoms with Crippen molar-refractivity contribution in [1.82, 2.24) is 5.43 Å². The first-order valence-electron chi connectivity index (χ1n) is 8.17. The number of ether oxygens (including phenoxy) is 3. The van der Waals surface area contributed by atoms with Gasteiger partial charge in [0.25, 0.3) is 5.91 Å². The summed E-state index contributed by atoms with van der Waals surface area (Å²) in [7, 11) is 3.14. The van der Waals surface area contributed by atoms with Gasteiger partial charge in [-0.1, -0.05) is 0 Å². The zero-order chi connectivity index (χ0) is 18.8. The van der Waals surface area contributed by atoms with Gasteiger partial charge >= 0.3 is 0 Å². The summed E-state index contributed by atoms with van der Waals surface area (Å²) in [6.07, 6.45) is 1.52. The van der Waals surface area contributed by atoms with Gasteiger partial charge in [0.15, 0.2) is 0 Å². The van der Waals surface area contributed by atoms with Crippen LogP contribution in [0.5, 0.6) is 17.2 Å². The summed E-state index contributed by atoms with van der Waals surface area (Å²) in [5.74, 6) is 1.82. The molecule has 2 N–H and O–H groups in total. The van der Waals surface area contributed by atoms with Crippen LogP contribution in [0.2, 0.25) is 0 Å². The first-order valence-corrected chi connectivity index (χ1v) is 8.17. The molecule has 0 radical (unpaired) electrons. The van der Waals surface area contributed by atoms with E-state index in [1.54, 1.807) is 32.4 Å². The Morgan fingerprint density at radius 1 is 1.08 bits per heavy atom. The molecule has 0 aliphatic heterocycles. The quantitative estimate of drug-likeness (QED) is 0.533. The molecule has 7 nitrogen and oxygen atoms in total. The molecule has 0 fully saturated rings. The van der Waals surface area contributed by atoms with Crippen molar-refractivity contribution >= 4 is 17.8 Å². The third-order valence-electron chi connectivity index (χ3n) is 3.45. The zero-order valence-electron chi connectivity index (χ0n) is 15.1. The Kier molecular flexibility index (Phi) is 7.30. The van der Waals surface area contributed by atoms with Gasteiger partial charge in [-0.3, -0.25) is 4.79 Å². The molecule has 1 amide bonds. The van der Waals surface area contributed by atoms with Crippen molar-refractivity contribution in [2.75, 3.05) is 32.7 Å². The summed E-state index contributed by atoms with van der Waals surface area (Å²) in [5.41, 5.74) is 4.02. The van der Waals surface area contributed by atoms with Crippen LogP contribution in [0.4, 0.5) is 5.69 Å². The second kappa shape index (κ2) is 9.93. The van der Waals surface area contributed by atoms with Crippen molar-refractivity contribution in [1.29, 1.82) is 0 Å². The van der Waals surface area contributed by atoms with Crippen molar-refractivity contribution in [3.8, 4) is 17.2 Å². The Balaban J connectivity index is 1.83. The molecule has 0 aliphatic carbocycles. The van der Waals surface area contributed by atoms with Crippen LogP contribution in [0.25, 0.3) is 0 Å². The standard InChI is InChI=1S/C19H23N3O4/c1-4-26-16-9-6-15(7-10-16)20-13-19(23)22-21-12-14-5-8-17(24-2)11-18(14)25-3/h5-12,20H,4,13H2,1-3H3,(H,22,23)/b21-12+. The molecule has 26 heavy (non-hydrogen) atoms. The number of hydrazone groups is 1. The number of anilines is 1. The number of nitrogens with zero attached hydrogens (tertiary/aromatic N) is 1. The molecule has 0 atom stereocenters. The van der Waals surface area contributed by atoms with Crippen molar-refractivity contribution in [3.63, 3.8) is 0 Å². The first-order chi connectivity index (χ1) is 12.7. The van der Waals surface area contributed by atoms with Gasteiger partial charge in [-0.25, -0.2) is 5.43 Å². The highest BCUT2D eigenvalue weighted by atomic mass is 16.5. The van der Waals surface area contributed by atoms with Crippen molar-refractivity contribution in [2.45, 2.75) is 6.92 Å². The second-order valence-corrected chi connectivity index (χ2v) is 5.21. The number of hydrogen-bond donors (Lipinski definition) is 2. The molecule has 0 heterocycles. The Morgan fingerprint density at radius 3 is 2.46 bits per heavy atom. The average Bonchev–Trinajstić information content (AvgIpc) is 2.68. The van der Waals surface area contributed by atoms with Crippen LogP contribution in [0.15, 0.2) is 47.6 Å². The van der Waals surface area contributed by atoms with Gasteiger partial charge in [-0.2, -0.15) is 5.10 Å². The van der Waals surface area contributed by atoms with Crippen molar-refractivity contribution in [2.24, 2.45) is 5.10 Å². The number of methoxy groups -OCH3 is 2. The third kappa shape index (κ3) is 5.70. The Morgan fingerprint density at radius 2 is 1.81 bits per heavy atom. The van der Waals surface area contributed by atoms with E-state index in [1.165, 1.54) is 6.21 Å². The Labute approximate surface area is 153 Å². The van der Waals surface area contributed by atoms with Gasteiger partial charge in [-0.15, -0.1) is 0 Å². The van der Waals surface area contributed by atoms with E-state index < -0.39 is 0 Å². The summed E-state index contributed by atoms with van der Waals surface area (Å²) in [4.78, 5) is 11.9. The van der Waals surface area contributed by atoms with Crippen molar-refractivity contribution < 1.29 is 19.0 Å². The predicted molar refractivity (Wildman–Crippen MR) is 101 cm³/mol. The molecule has 0 aromatic heterocycles. The minimum absolute atomic E-state index is 0.102. The molecule has 2 rings (SSSR count). The van der Waals surface area contributed by atoms with Gasteiger partial charge in [0, 0.05) is 17.3 Å². The lowest BCUT2D eigenvalue weighted by Crippen LogP contribution is -2.25. The normalized spacial score (nSPS) is 10.4. The average molecular weight is 357 g/mol. The van der Waals surface area contributed by atoms with Gasteiger partial charge in [-0.05, 0) is 43.3 Å².